The SMILES string of the molecule is C/C=C/CCc1ccc(-c2ccc(-c3cc(F)c(C(F)(F)F)c(F)c3)cc2)cc1. The zero-order chi connectivity index (χ0) is 21.0. The average Bonchev–Trinajstić information content (AvgIpc) is 2.67. The molecule has 0 saturated carbocycles. The molecule has 29 heavy (non-hydrogen) atoms. The van der Waals surface area contributed by atoms with Gasteiger partial charge < -0.3 is 0 Å². The molecule has 0 fully saturated rings. The van der Waals surface area contributed by atoms with E-state index in [4.69, 9.17) is 0 Å². The molecule has 0 heterocycles. The Morgan fingerprint density at radius 1 is 0.724 bits per heavy atom. The number of hydrogen-bond donors (Lipinski definition) is 0. The van der Waals surface area contributed by atoms with E-state index >= 15 is 0 Å². The van der Waals surface area contributed by atoms with Gasteiger partial charge in [0, 0.05) is 0 Å². The van der Waals surface area contributed by atoms with Crippen LogP contribution in [0.4, 0.5) is 22.0 Å². The van der Waals surface area contributed by atoms with Gasteiger partial charge in [-0.05, 0) is 59.7 Å². The third-order valence-electron chi connectivity index (χ3n) is 4.67. The Hall–Kier alpha value is -2.95. The predicted octanol–water partition coefficient (Wildman–Crippen LogP) is 7.83. The van der Waals surface area contributed by atoms with E-state index in [9.17, 15) is 22.0 Å². The minimum Gasteiger partial charge on any atom is -0.206 e. The molecule has 0 amide bonds. The van der Waals surface area contributed by atoms with Gasteiger partial charge in [-0.3, -0.25) is 0 Å². The van der Waals surface area contributed by atoms with Gasteiger partial charge in [0.25, 0.3) is 0 Å². The molecule has 0 saturated heterocycles. The van der Waals surface area contributed by atoms with E-state index in [2.05, 4.69) is 6.08 Å². The summed E-state index contributed by atoms with van der Waals surface area (Å²) in [4.78, 5) is 0. The lowest BCUT2D eigenvalue weighted by Gasteiger charge is -2.11. The Morgan fingerprint density at radius 2 is 1.17 bits per heavy atom. The van der Waals surface area contributed by atoms with E-state index in [0.717, 1.165) is 24.0 Å². The van der Waals surface area contributed by atoms with Crippen molar-refractivity contribution in [2.45, 2.75) is 25.9 Å². The second-order valence-corrected chi connectivity index (χ2v) is 6.69. The first-order chi connectivity index (χ1) is 13.8. The van der Waals surface area contributed by atoms with Gasteiger partial charge in [-0.1, -0.05) is 60.7 Å². The Bertz CT molecular complexity index is 974. The van der Waals surface area contributed by atoms with Crippen molar-refractivity contribution in [3.8, 4) is 22.3 Å². The number of benzene rings is 3. The molecule has 0 aliphatic rings. The summed E-state index contributed by atoms with van der Waals surface area (Å²) >= 11 is 0. The topological polar surface area (TPSA) is 0 Å². The van der Waals surface area contributed by atoms with Gasteiger partial charge in [0.15, 0.2) is 0 Å². The van der Waals surface area contributed by atoms with E-state index in [-0.39, 0.29) is 5.56 Å². The average molecular weight is 402 g/mol. The first kappa shape index (κ1) is 20.8. The van der Waals surface area contributed by atoms with E-state index in [1.807, 2.05) is 37.3 Å². The van der Waals surface area contributed by atoms with Crippen LogP contribution in [-0.2, 0) is 12.6 Å². The van der Waals surface area contributed by atoms with Gasteiger partial charge in [-0.2, -0.15) is 13.2 Å². The first-order valence-corrected chi connectivity index (χ1v) is 9.16. The molecular formula is C24H19F5. The Kier molecular flexibility index (Phi) is 6.16. The van der Waals surface area contributed by atoms with Gasteiger partial charge in [0.05, 0.1) is 0 Å². The highest BCUT2D eigenvalue weighted by molar-refractivity contribution is 5.70. The molecule has 0 spiro atoms. The van der Waals surface area contributed by atoms with Crippen LogP contribution in [0.2, 0.25) is 0 Å². The Morgan fingerprint density at radius 3 is 1.62 bits per heavy atom. The number of hydrogen-bond acceptors (Lipinski definition) is 0. The molecule has 150 valence electrons. The number of alkyl halides is 3. The van der Waals surface area contributed by atoms with Crippen LogP contribution in [-0.4, -0.2) is 0 Å². The van der Waals surface area contributed by atoms with Crippen LogP contribution in [0.25, 0.3) is 22.3 Å². The maximum atomic E-state index is 13.8. The molecule has 3 aromatic rings. The van der Waals surface area contributed by atoms with Crippen LogP contribution < -0.4 is 0 Å². The molecule has 0 atom stereocenters. The summed E-state index contributed by atoms with van der Waals surface area (Å²) in [6.07, 6.45) is 0.985. The fourth-order valence-corrected chi connectivity index (χ4v) is 3.15. The quantitative estimate of drug-likeness (QED) is 0.301. The minimum absolute atomic E-state index is 0.0545. The van der Waals surface area contributed by atoms with Gasteiger partial charge in [0.2, 0.25) is 0 Å². The Labute approximate surface area is 166 Å². The zero-order valence-electron chi connectivity index (χ0n) is 15.7. The molecule has 0 nitrogen and oxygen atoms in total. The molecule has 0 aromatic heterocycles. The monoisotopic (exact) mass is 402 g/mol. The van der Waals surface area contributed by atoms with Crippen molar-refractivity contribution in [1.82, 2.24) is 0 Å². The van der Waals surface area contributed by atoms with Crippen molar-refractivity contribution in [3.63, 3.8) is 0 Å². The fraction of sp³-hybridized carbons (Fsp3) is 0.167. The highest BCUT2D eigenvalue weighted by Crippen LogP contribution is 2.36. The predicted molar refractivity (Wildman–Crippen MR) is 105 cm³/mol. The summed E-state index contributed by atoms with van der Waals surface area (Å²) < 4.78 is 65.8. The maximum absolute atomic E-state index is 13.8. The van der Waals surface area contributed by atoms with Crippen molar-refractivity contribution in [2.75, 3.05) is 0 Å². The molecule has 0 bridgehead atoms. The molecule has 5 heteroatoms. The summed E-state index contributed by atoms with van der Waals surface area (Å²) in [6.45, 7) is 1.99. The van der Waals surface area contributed by atoms with Crippen LogP contribution in [0, 0.1) is 11.6 Å². The van der Waals surface area contributed by atoms with Gasteiger partial charge in [-0.25, -0.2) is 8.78 Å². The summed E-state index contributed by atoms with van der Waals surface area (Å²) in [7, 11) is 0. The number of aryl methyl sites for hydroxylation is 1. The second kappa shape index (κ2) is 8.60. The zero-order valence-corrected chi connectivity index (χ0v) is 15.7. The molecule has 0 unspecified atom stereocenters. The van der Waals surface area contributed by atoms with Crippen LogP contribution >= 0.6 is 0 Å². The lowest BCUT2D eigenvalue weighted by atomic mass is 9.98. The van der Waals surface area contributed by atoms with Crippen molar-refractivity contribution in [3.05, 3.63) is 95.6 Å². The molecule has 0 aliphatic carbocycles. The molecule has 3 aromatic carbocycles. The number of allylic oxidation sites excluding steroid dienone is 2. The standard InChI is InChI=1S/C24H19F5/c1-2-3-4-5-16-6-8-17(9-7-16)18-10-12-19(13-11-18)20-14-21(25)23(22(26)15-20)24(27,28)29/h2-3,6-15H,4-5H2,1H3/b3-2+. The molecule has 0 N–H and O–H groups in total. The van der Waals surface area contributed by atoms with Crippen molar-refractivity contribution < 1.29 is 22.0 Å². The smallest absolute Gasteiger partial charge is 0.206 e. The minimum atomic E-state index is -5.07. The number of rotatable bonds is 5. The van der Waals surface area contributed by atoms with E-state index in [1.54, 1.807) is 24.3 Å². The summed E-state index contributed by atoms with van der Waals surface area (Å²) in [5, 5.41) is 0. The highest BCUT2D eigenvalue weighted by Gasteiger charge is 2.37. The highest BCUT2D eigenvalue weighted by atomic mass is 19.4. The summed E-state index contributed by atoms with van der Waals surface area (Å²) in [6, 6.07) is 16.3. The summed E-state index contributed by atoms with van der Waals surface area (Å²) in [5.41, 5.74) is 1.73. The molecule has 3 rings (SSSR count). The Balaban J connectivity index is 1.82. The lowest BCUT2D eigenvalue weighted by Crippen LogP contribution is -2.11. The molecule has 0 aliphatic heterocycles. The largest absolute Gasteiger partial charge is 0.422 e. The van der Waals surface area contributed by atoms with E-state index < -0.39 is 23.4 Å². The third kappa shape index (κ3) is 4.91. The fourth-order valence-electron chi connectivity index (χ4n) is 3.15. The normalized spacial score (nSPS) is 11.9. The van der Waals surface area contributed by atoms with Gasteiger partial charge in [0.1, 0.15) is 17.2 Å². The number of halogens is 5. The van der Waals surface area contributed by atoms with Crippen LogP contribution in [0.3, 0.4) is 0 Å². The van der Waals surface area contributed by atoms with Crippen molar-refractivity contribution >= 4 is 0 Å². The van der Waals surface area contributed by atoms with Crippen LogP contribution in [0.1, 0.15) is 24.5 Å². The lowest BCUT2D eigenvalue weighted by molar-refractivity contribution is -0.142. The first-order valence-electron chi connectivity index (χ1n) is 9.16. The molecular weight excluding hydrogens is 383 g/mol. The van der Waals surface area contributed by atoms with E-state index in [0.29, 0.717) is 17.7 Å². The van der Waals surface area contributed by atoms with E-state index in [1.165, 1.54) is 5.56 Å². The third-order valence-corrected chi connectivity index (χ3v) is 4.67. The van der Waals surface area contributed by atoms with Crippen LogP contribution in [0.5, 0.6) is 0 Å². The van der Waals surface area contributed by atoms with Crippen molar-refractivity contribution in [1.29, 1.82) is 0 Å². The maximum Gasteiger partial charge on any atom is 0.422 e. The van der Waals surface area contributed by atoms with Crippen LogP contribution in [0.15, 0.2) is 72.8 Å². The van der Waals surface area contributed by atoms with Gasteiger partial charge >= 0.3 is 6.18 Å². The molecule has 0 radical (unpaired) electrons. The van der Waals surface area contributed by atoms with Gasteiger partial charge in [-0.15, -0.1) is 0 Å². The van der Waals surface area contributed by atoms with Crippen molar-refractivity contribution in [2.24, 2.45) is 0 Å². The summed E-state index contributed by atoms with van der Waals surface area (Å²) in [5.74, 6) is -3.24. The second-order valence-electron chi connectivity index (χ2n) is 6.69.